The van der Waals surface area contributed by atoms with Crippen molar-refractivity contribution >= 4 is 35.2 Å². The van der Waals surface area contributed by atoms with E-state index in [1.54, 1.807) is 0 Å². The predicted octanol–water partition coefficient (Wildman–Crippen LogP) is 2.53. The second-order valence-corrected chi connectivity index (χ2v) is 8.00. The van der Waals surface area contributed by atoms with Crippen LogP contribution >= 0.6 is 11.6 Å². The Hall–Kier alpha value is -3.47. The molecule has 172 valence electrons. The van der Waals surface area contributed by atoms with Crippen molar-refractivity contribution in [2.45, 2.75) is 37.6 Å². The summed E-state index contributed by atoms with van der Waals surface area (Å²) in [4.78, 5) is 53.8. The molecule has 33 heavy (non-hydrogen) atoms. The fourth-order valence-corrected chi connectivity index (χ4v) is 4.08. The van der Waals surface area contributed by atoms with Gasteiger partial charge in [0, 0.05) is 30.3 Å². The van der Waals surface area contributed by atoms with Gasteiger partial charge < -0.3 is 10.2 Å². The number of alkyl halides is 3. The van der Waals surface area contributed by atoms with Gasteiger partial charge in [0.15, 0.2) is 6.04 Å². The summed E-state index contributed by atoms with van der Waals surface area (Å²) >= 11 is 5.85. The minimum atomic E-state index is -4.86. The summed E-state index contributed by atoms with van der Waals surface area (Å²) in [6.45, 7) is -0.0175. The molecule has 1 fully saturated rings. The van der Waals surface area contributed by atoms with Crippen LogP contribution in [0.1, 0.15) is 50.9 Å². The average Bonchev–Trinajstić information content (AvgIpc) is 3.07. The van der Waals surface area contributed by atoms with Crippen LogP contribution in [0.2, 0.25) is 5.02 Å². The number of aromatic nitrogens is 1. The first-order valence-electron chi connectivity index (χ1n) is 9.82. The van der Waals surface area contributed by atoms with Crippen molar-refractivity contribution in [2.24, 2.45) is 0 Å². The molecule has 2 atom stereocenters. The molecule has 2 aliphatic rings. The fraction of sp³-hybridized carbons (Fsp3) is 0.286. The van der Waals surface area contributed by atoms with Gasteiger partial charge in [0.05, 0.1) is 10.7 Å². The molecule has 0 bridgehead atoms. The third-order valence-corrected chi connectivity index (χ3v) is 5.77. The smallest absolute Gasteiger partial charge is 0.335 e. The van der Waals surface area contributed by atoms with Gasteiger partial charge in [0.1, 0.15) is 6.04 Å². The van der Waals surface area contributed by atoms with Gasteiger partial charge in [0.2, 0.25) is 11.8 Å². The molecule has 2 N–H and O–H groups in total. The molecule has 1 aromatic heterocycles. The zero-order valence-corrected chi connectivity index (χ0v) is 17.5. The molecule has 8 nitrogen and oxygen atoms in total. The van der Waals surface area contributed by atoms with Crippen molar-refractivity contribution in [3.63, 3.8) is 0 Å². The van der Waals surface area contributed by atoms with E-state index in [-0.39, 0.29) is 35.5 Å². The molecule has 2 aromatic rings. The summed E-state index contributed by atoms with van der Waals surface area (Å²) in [5.74, 6) is -2.51. The van der Waals surface area contributed by atoms with E-state index < -0.39 is 47.6 Å². The molecular weight excluding hydrogens is 465 g/mol. The van der Waals surface area contributed by atoms with Crippen LogP contribution in [0, 0.1) is 0 Å². The maximum Gasteiger partial charge on any atom is 0.414 e. The average molecular weight is 481 g/mol. The normalized spacial score (nSPS) is 19.2. The first kappa shape index (κ1) is 22.7. The molecular formula is C21H16ClF3N4O4. The van der Waals surface area contributed by atoms with Crippen LogP contribution in [-0.4, -0.2) is 45.7 Å². The highest BCUT2D eigenvalue weighted by atomic mass is 35.5. The van der Waals surface area contributed by atoms with Gasteiger partial charge >= 0.3 is 6.18 Å². The Kier molecular flexibility index (Phi) is 5.83. The van der Waals surface area contributed by atoms with E-state index in [2.05, 4.69) is 10.3 Å². The standard InChI is InChI=1S/C21H16ClF3N4O4/c22-13-2-1-7-26-16(13)17(21(23,24)25)28-18(31)10-3-4-12-11(8-10)9-29(20(12)33)14-5-6-15(30)27-19(14)32/h1-4,7-8,14,17H,5-6,9H2,(H,28,31)(H,27,30,32)/t14-,17-/m1/s1. The number of nitrogens with zero attached hydrogens (tertiary/aromatic N) is 2. The highest BCUT2D eigenvalue weighted by Gasteiger charge is 2.44. The van der Waals surface area contributed by atoms with Crippen LogP contribution in [0.5, 0.6) is 0 Å². The highest BCUT2D eigenvalue weighted by molar-refractivity contribution is 6.31. The molecule has 1 saturated heterocycles. The lowest BCUT2D eigenvalue weighted by atomic mass is 10.0. The summed E-state index contributed by atoms with van der Waals surface area (Å²) in [5, 5.41) is 3.84. The summed E-state index contributed by atoms with van der Waals surface area (Å²) in [6, 6.07) is 3.19. The third kappa shape index (κ3) is 4.40. The second-order valence-electron chi connectivity index (χ2n) is 7.59. The van der Waals surface area contributed by atoms with Crippen LogP contribution < -0.4 is 10.6 Å². The molecule has 2 aliphatic heterocycles. The SMILES string of the molecule is O=C1CC[C@@H](N2Cc3cc(C(=O)N[C@H](c4ncccc4Cl)C(F)(F)F)ccc3C2=O)C(=O)N1. The van der Waals surface area contributed by atoms with Crippen molar-refractivity contribution in [3.8, 4) is 0 Å². The summed E-state index contributed by atoms with van der Waals surface area (Å²) in [6.07, 6.45) is -3.48. The maximum atomic E-state index is 13.6. The second kappa shape index (κ2) is 8.47. The number of pyridine rings is 1. The van der Waals surface area contributed by atoms with Gasteiger partial charge in [-0.15, -0.1) is 0 Å². The topological polar surface area (TPSA) is 108 Å². The quantitative estimate of drug-likeness (QED) is 0.654. The van der Waals surface area contributed by atoms with E-state index in [9.17, 15) is 32.3 Å². The number of hydrogen-bond acceptors (Lipinski definition) is 5. The lowest BCUT2D eigenvalue weighted by molar-refractivity contribution is -0.156. The molecule has 3 heterocycles. The Balaban J connectivity index is 1.56. The highest BCUT2D eigenvalue weighted by Crippen LogP contribution is 2.35. The van der Waals surface area contributed by atoms with Crippen LogP contribution in [0.3, 0.4) is 0 Å². The monoisotopic (exact) mass is 480 g/mol. The number of nitrogens with one attached hydrogen (secondary N) is 2. The fourth-order valence-electron chi connectivity index (χ4n) is 3.85. The number of rotatable bonds is 4. The Morgan fingerprint density at radius 2 is 2.00 bits per heavy atom. The number of halogens is 4. The number of benzene rings is 1. The van der Waals surface area contributed by atoms with Gasteiger partial charge in [-0.05, 0) is 42.3 Å². The predicted molar refractivity (Wildman–Crippen MR) is 108 cm³/mol. The van der Waals surface area contributed by atoms with Crippen molar-refractivity contribution < 1.29 is 32.3 Å². The maximum absolute atomic E-state index is 13.6. The van der Waals surface area contributed by atoms with E-state index in [1.807, 2.05) is 5.32 Å². The summed E-state index contributed by atoms with van der Waals surface area (Å²) in [7, 11) is 0. The van der Waals surface area contributed by atoms with Crippen molar-refractivity contribution in [1.29, 1.82) is 0 Å². The van der Waals surface area contributed by atoms with Crippen LogP contribution in [-0.2, 0) is 16.1 Å². The minimum absolute atomic E-state index is 0.0175. The number of fused-ring (bicyclic) bond motifs is 1. The largest absolute Gasteiger partial charge is 0.414 e. The summed E-state index contributed by atoms with van der Waals surface area (Å²) < 4.78 is 40.9. The number of piperidine rings is 1. The first-order chi connectivity index (χ1) is 15.6. The van der Waals surface area contributed by atoms with Crippen LogP contribution in [0.15, 0.2) is 36.5 Å². The van der Waals surface area contributed by atoms with Gasteiger partial charge in [-0.3, -0.25) is 29.5 Å². The first-order valence-corrected chi connectivity index (χ1v) is 10.2. The minimum Gasteiger partial charge on any atom is -0.335 e. The number of carbonyl (C=O) groups is 4. The molecule has 0 radical (unpaired) electrons. The molecule has 0 unspecified atom stereocenters. The van der Waals surface area contributed by atoms with E-state index in [0.717, 1.165) is 6.20 Å². The van der Waals surface area contributed by atoms with Gasteiger partial charge in [-0.2, -0.15) is 13.2 Å². The molecule has 4 amide bonds. The Bertz CT molecular complexity index is 1170. The Morgan fingerprint density at radius 3 is 2.67 bits per heavy atom. The number of amides is 4. The zero-order chi connectivity index (χ0) is 23.9. The molecule has 0 aliphatic carbocycles. The zero-order valence-electron chi connectivity index (χ0n) is 16.8. The van der Waals surface area contributed by atoms with Gasteiger partial charge in [-0.25, -0.2) is 0 Å². The number of hydrogen-bond donors (Lipinski definition) is 2. The lowest BCUT2D eigenvalue weighted by Crippen LogP contribution is -2.52. The third-order valence-electron chi connectivity index (χ3n) is 5.45. The van der Waals surface area contributed by atoms with E-state index >= 15 is 0 Å². The van der Waals surface area contributed by atoms with Gasteiger partial charge in [-0.1, -0.05) is 11.6 Å². The van der Waals surface area contributed by atoms with E-state index in [0.29, 0.717) is 5.56 Å². The molecule has 0 spiro atoms. The molecule has 1 aromatic carbocycles. The van der Waals surface area contributed by atoms with Crippen LogP contribution in [0.25, 0.3) is 0 Å². The van der Waals surface area contributed by atoms with E-state index in [1.165, 1.54) is 35.2 Å². The number of imide groups is 1. The van der Waals surface area contributed by atoms with Crippen molar-refractivity contribution in [2.75, 3.05) is 0 Å². The Morgan fingerprint density at radius 1 is 1.24 bits per heavy atom. The van der Waals surface area contributed by atoms with Crippen LogP contribution in [0.4, 0.5) is 13.2 Å². The number of carbonyl (C=O) groups excluding carboxylic acids is 4. The molecule has 0 saturated carbocycles. The summed E-state index contributed by atoms with van der Waals surface area (Å²) in [5.41, 5.74) is -0.0264. The van der Waals surface area contributed by atoms with Gasteiger partial charge in [0.25, 0.3) is 11.8 Å². The van der Waals surface area contributed by atoms with Crippen molar-refractivity contribution in [1.82, 2.24) is 20.5 Å². The molecule has 4 rings (SSSR count). The lowest BCUT2D eigenvalue weighted by Gasteiger charge is -2.29. The molecule has 12 heteroatoms. The van der Waals surface area contributed by atoms with Crippen molar-refractivity contribution in [3.05, 3.63) is 63.9 Å². The van der Waals surface area contributed by atoms with E-state index in [4.69, 9.17) is 11.6 Å². The Labute approximate surface area is 190 Å².